The van der Waals surface area contributed by atoms with Gasteiger partial charge in [-0.3, -0.25) is 4.90 Å². The molecule has 1 aliphatic heterocycles. The molecule has 3 heteroatoms. The molecule has 20 heavy (non-hydrogen) atoms. The summed E-state index contributed by atoms with van der Waals surface area (Å²) >= 11 is 0. The highest BCUT2D eigenvalue weighted by Crippen LogP contribution is 2.18. The highest BCUT2D eigenvalue weighted by atomic mass is 16.5. The number of hydrogen-bond acceptors (Lipinski definition) is 3. The third kappa shape index (κ3) is 5.41. The molecule has 0 saturated carbocycles. The van der Waals surface area contributed by atoms with Gasteiger partial charge in [-0.1, -0.05) is 19.8 Å². The lowest BCUT2D eigenvalue weighted by atomic mass is 10.1. The summed E-state index contributed by atoms with van der Waals surface area (Å²) in [7, 11) is 0. The Morgan fingerprint density at radius 3 is 2.10 bits per heavy atom. The average molecular weight is 277 g/mol. The molecule has 0 bridgehead atoms. The van der Waals surface area contributed by atoms with E-state index in [1.165, 1.54) is 32.4 Å². The van der Waals surface area contributed by atoms with Crippen LogP contribution in [0.4, 0.5) is 0 Å². The second-order valence-corrected chi connectivity index (χ2v) is 5.42. The molecule has 1 aromatic rings. The molecular weight excluding hydrogens is 250 g/mol. The molecule has 0 aromatic heterocycles. The van der Waals surface area contributed by atoms with Crippen LogP contribution >= 0.6 is 0 Å². The summed E-state index contributed by atoms with van der Waals surface area (Å²) in [6, 6.07) is 7.98. The van der Waals surface area contributed by atoms with Gasteiger partial charge in [0, 0.05) is 6.54 Å². The van der Waals surface area contributed by atoms with Gasteiger partial charge < -0.3 is 9.47 Å². The van der Waals surface area contributed by atoms with Gasteiger partial charge in [-0.2, -0.15) is 0 Å². The third-order valence-electron chi connectivity index (χ3n) is 3.72. The van der Waals surface area contributed by atoms with E-state index >= 15 is 0 Å². The van der Waals surface area contributed by atoms with Crippen LogP contribution in [0.3, 0.4) is 0 Å². The Kier molecular flexibility index (Phi) is 6.72. The number of piperidine rings is 1. The first kappa shape index (κ1) is 15.2. The summed E-state index contributed by atoms with van der Waals surface area (Å²) in [6.07, 6.45) is 6.33. The van der Waals surface area contributed by atoms with Crippen LogP contribution in [0.1, 0.15) is 39.0 Å². The number of unbranched alkanes of at least 4 members (excludes halogenated alkanes) is 1. The number of likely N-dealkylation sites (tertiary alicyclic amines) is 1. The number of rotatable bonds is 8. The molecule has 1 aliphatic rings. The van der Waals surface area contributed by atoms with Gasteiger partial charge in [-0.15, -0.1) is 0 Å². The molecular formula is C17H27NO2. The van der Waals surface area contributed by atoms with Crippen LogP contribution in [-0.4, -0.2) is 37.7 Å². The molecule has 1 heterocycles. The van der Waals surface area contributed by atoms with Crippen LogP contribution in [0.15, 0.2) is 24.3 Å². The monoisotopic (exact) mass is 277 g/mol. The number of ether oxygens (including phenoxy) is 2. The second-order valence-electron chi connectivity index (χ2n) is 5.42. The van der Waals surface area contributed by atoms with Gasteiger partial charge in [0.05, 0.1) is 6.61 Å². The molecule has 112 valence electrons. The van der Waals surface area contributed by atoms with E-state index in [0.717, 1.165) is 44.1 Å². The van der Waals surface area contributed by atoms with Gasteiger partial charge in [-0.05, 0) is 56.6 Å². The van der Waals surface area contributed by atoms with Crippen LogP contribution < -0.4 is 9.47 Å². The summed E-state index contributed by atoms with van der Waals surface area (Å²) in [5.74, 6) is 1.87. The van der Waals surface area contributed by atoms with Crippen molar-refractivity contribution in [2.45, 2.75) is 39.0 Å². The summed E-state index contributed by atoms with van der Waals surface area (Å²) in [5, 5.41) is 0. The Morgan fingerprint density at radius 1 is 0.900 bits per heavy atom. The lowest BCUT2D eigenvalue weighted by Crippen LogP contribution is -2.33. The zero-order valence-electron chi connectivity index (χ0n) is 12.6. The first-order valence-corrected chi connectivity index (χ1v) is 7.96. The maximum atomic E-state index is 5.79. The van der Waals surface area contributed by atoms with Crippen molar-refractivity contribution in [2.75, 3.05) is 32.8 Å². The van der Waals surface area contributed by atoms with Crippen LogP contribution in [0.25, 0.3) is 0 Å². The maximum absolute atomic E-state index is 5.79. The van der Waals surface area contributed by atoms with Crippen molar-refractivity contribution in [3.8, 4) is 11.5 Å². The van der Waals surface area contributed by atoms with E-state index in [4.69, 9.17) is 9.47 Å². The molecule has 0 aliphatic carbocycles. The fourth-order valence-electron chi connectivity index (χ4n) is 2.44. The van der Waals surface area contributed by atoms with Gasteiger partial charge >= 0.3 is 0 Å². The molecule has 1 aromatic carbocycles. The fraction of sp³-hybridized carbons (Fsp3) is 0.647. The molecule has 0 unspecified atom stereocenters. The predicted molar refractivity (Wildman–Crippen MR) is 82.6 cm³/mol. The van der Waals surface area contributed by atoms with E-state index in [1.807, 2.05) is 24.3 Å². The van der Waals surface area contributed by atoms with Gasteiger partial charge in [-0.25, -0.2) is 0 Å². The zero-order valence-corrected chi connectivity index (χ0v) is 12.6. The molecule has 0 spiro atoms. The van der Waals surface area contributed by atoms with Crippen LogP contribution in [0.2, 0.25) is 0 Å². The van der Waals surface area contributed by atoms with E-state index in [-0.39, 0.29) is 0 Å². The summed E-state index contributed by atoms with van der Waals surface area (Å²) in [6.45, 7) is 7.24. The Bertz CT molecular complexity index is 358. The lowest BCUT2D eigenvalue weighted by molar-refractivity contribution is 0.183. The van der Waals surface area contributed by atoms with E-state index in [2.05, 4.69) is 11.8 Å². The summed E-state index contributed by atoms with van der Waals surface area (Å²) in [5.41, 5.74) is 0. The van der Waals surface area contributed by atoms with Crippen molar-refractivity contribution in [2.24, 2.45) is 0 Å². The maximum Gasteiger partial charge on any atom is 0.119 e. The Hall–Kier alpha value is -1.22. The first-order valence-electron chi connectivity index (χ1n) is 7.96. The third-order valence-corrected chi connectivity index (χ3v) is 3.72. The van der Waals surface area contributed by atoms with Crippen molar-refractivity contribution >= 4 is 0 Å². The van der Waals surface area contributed by atoms with Crippen LogP contribution in [-0.2, 0) is 0 Å². The fourth-order valence-corrected chi connectivity index (χ4v) is 2.44. The molecule has 0 radical (unpaired) electrons. The summed E-state index contributed by atoms with van der Waals surface area (Å²) < 4.78 is 11.4. The Morgan fingerprint density at radius 2 is 1.50 bits per heavy atom. The Balaban J connectivity index is 1.65. The zero-order chi connectivity index (χ0) is 14.0. The average Bonchev–Trinajstić information content (AvgIpc) is 2.50. The highest BCUT2D eigenvalue weighted by molar-refractivity contribution is 5.31. The standard InChI is InChI=1S/C17H27NO2/c1-2-3-14-19-16-7-9-17(10-8-16)20-15-13-18-11-5-4-6-12-18/h7-10H,2-6,11-15H2,1H3. The molecule has 0 N–H and O–H groups in total. The van der Waals surface area contributed by atoms with Gasteiger partial charge in [0.1, 0.15) is 18.1 Å². The number of hydrogen-bond donors (Lipinski definition) is 0. The SMILES string of the molecule is CCCCOc1ccc(OCCN2CCCCC2)cc1. The van der Waals surface area contributed by atoms with E-state index < -0.39 is 0 Å². The van der Waals surface area contributed by atoms with Crippen LogP contribution in [0.5, 0.6) is 11.5 Å². The normalized spacial score (nSPS) is 16.1. The Labute approximate surface area is 122 Å². The minimum atomic E-state index is 0.774. The predicted octanol–water partition coefficient (Wildman–Crippen LogP) is 3.73. The van der Waals surface area contributed by atoms with E-state index in [0.29, 0.717) is 0 Å². The largest absolute Gasteiger partial charge is 0.494 e. The first-order chi connectivity index (χ1) is 9.88. The molecule has 1 fully saturated rings. The smallest absolute Gasteiger partial charge is 0.119 e. The van der Waals surface area contributed by atoms with Crippen molar-refractivity contribution in [1.82, 2.24) is 4.90 Å². The lowest BCUT2D eigenvalue weighted by Gasteiger charge is -2.26. The van der Waals surface area contributed by atoms with Crippen molar-refractivity contribution < 1.29 is 9.47 Å². The molecule has 0 amide bonds. The second kappa shape index (κ2) is 8.85. The number of benzene rings is 1. The molecule has 2 rings (SSSR count). The molecule has 0 atom stereocenters. The minimum Gasteiger partial charge on any atom is -0.494 e. The van der Waals surface area contributed by atoms with Gasteiger partial charge in [0.15, 0.2) is 0 Å². The van der Waals surface area contributed by atoms with Crippen molar-refractivity contribution in [3.05, 3.63) is 24.3 Å². The molecule has 1 saturated heterocycles. The van der Waals surface area contributed by atoms with E-state index in [9.17, 15) is 0 Å². The topological polar surface area (TPSA) is 21.7 Å². The number of nitrogens with zero attached hydrogens (tertiary/aromatic N) is 1. The highest BCUT2D eigenvalue weighted by Gasteiger charge is 2.09. The summed E-state index contributed by atoms with van der Waals surface area (Å²) in [4.78, 5) is 2.49. The van der Waals surface area contributed by atoms with Crippen molar-refractivity contribution in [1.29, 1.82) is 0 Å². The van der Waals surface area contributed by atoms with Crippen LogP contribution in [0, 0.1) is 0 Å². The molecule has 3 nitrogen and oxygen atoms in total. The quantitative estimate of drug-likeness (QED) is 0.676. The van der Waals surface area contributed by atoms with Crippen molar-refractivity contribution in [3.63, 3.8) is 0 Å². The minimum absolute atomic E-state index is 0.774. The van der Waals surface area contributed by atoms with Gasteiger partial charge in [0.2, 0.25) is 0 Å². The van der Waals surface area contributed by atoms with Gasteiger partial charge in [0.25, 0.3) is 0 Å². The van der Waals surface area contributed by atoms with E-state index in [1.54, 1.807) is 0 Å².